The molecule has 0 fully saturated rings. The fourth-order valence-corrected chi connectivity index (χ4v) is 1.65. The van der Waals surface area contributed by atoms with E-state index >= 15 is 0 Å². The molecule has 0 saturated carbocycles. The minimum atomic E-state index is -0.307. The minimum Gasteiger partial charge on any atom is -0.507 e. The number of benzene rings is 1. The fourth-order valence-electron chi connectivity index (χ4n) is 1.49. The zero-order valence-corrected chi connectivity index (χ0v) is 12.0. The SMILES string of the molecule is CC(C)COCCCNC(=O)c1ccc(Cl)cc1O. The van der Waals surface area contributed by atoms with E-state index < -0.39 is 0 Å². The van der Waals surface area contributed by atoms with E-state index in [2.05, 4.69) is 19.2 Å². The highest BCUT2D eigenvalue weighted by Crippen LogP contribution is 2.21. The molecule has 5 heteroatoms. The fraction of sp³-hybridized carbons (Fsp3) is 0.500. The summed E-state index contributed by atoms with van der Waals surface area (Å²) >= 11 is 5.70. The van der Waals surface area contributed by atoms with E-state index in [9.17, 15) is 9.90 Å². The zero-order valence-electron chi connectivity index (χ0n) is 11.3. The van der Waals surface area contributed by atoms with Crippen LogP contribution in [0, 0.1) is 5.92 Å². The minimum absolute atomic E-state index is 0.110. The van der Waals surface area contributed by atoms with Crippen LogP contribution in [-0.4, -0.2) is 30.8 Å². The molecular formula is C14H20ClNO3. The molecule has 0 spiro atoms. The van der Waals surface area contributed by atoms with Gasteiger partial charge in [0.25, 0.3) is 5.91 Å². The molecular weight excluding hydrogens is 266 g/mol. The topological polar surface area (TPSA) is 58.6 Å². The molecule has 0 unspecified atom stereocenters. The molecule has 0 heterocycles. The second kappa shape index (κ2) is 8.02. The van der Waals surface area contributed by atoms with Crippen LogP contribution in [0.25, 0.3) is 0 Å². The Kier molecular flexibility index (Phi) is 6.67. The molecule has 0 aromatic heterocycles. The van der Waals surface area contributed by atoms with Crippen LogP contribution in [0.1, 0.15) is 30.6 Å². The summed E-state index contributed by atoms with van der Waals surface area (Å²) in [6.07, 6.45) is 0.743. The number of carbonyl (C=O) groups excluding carboxylic acids is 1. The average Bonchev–Trinajstić information content (AvgIpc) is 2.32. The number of aromatic hydroxyl groups is 1. The Morgan fingerprint density at radius 3 is 2.84 bits per heavy atom. The molecule has 1 amide bonds. The standard InChI is InChI=1S/C14H20ClNO3/c1-10(2)9-19-7-3-6-16-14(18)12-5-4-11(15)8-13(12)17/h4-5,8,10,17H,3,6-7,9H2,1-2H3,(H,16,18). The van der Waals surface area contributed by atoms with Crippen LogP contribution in [0.4, 0.5) is 0 Å². The van der Waals surface area contributed by atoms with Gasteiger partial charge in [0.05, 0.1) is 5.56 Å². The lowest BCUT2D eigenvalue weighted by Gasteiger charge is -2.08. The number of phenolic OH excluding ortho intramolecular Hbond substituents is 1. The Morgan fingerprint density at radius 2 is 2.21 bits per heavy atom. The lowest BCUT2D eigenvalue weighted by molar-refractivity contribution is 0.0922. The summed E-state index contributed by atoms with van der Waals surface area (Å²) in [4.78, 5) is 11.8. The van der Waals surface area contributed by atoms with Gasteiger partial charge in [0.15, 0.2) is 0 Å². The molecule has 4 nitrogen and oxygen atoms in total. The Morgan fingerprint density at radius 1 is 1.47 bits per heavy atom. The van der Waals surface area contributed by atoms with Crippen LogP contribution in [0.3, 0.4) is 0 Å². The number of phenols is 1. The van der Waals surface area contributed by atoms with Gasteiger partial charge in [-0.2, -0.15) is 0 Å². The number of hydrogen-bond donors (Lipinski definition) is 2. The summed E-state index contributed by atoms with van der Waals surface area (Å²) in [5.41, 5.74) is 0.229. The molecule has 0 radical (unpaired) electrons. The quantitative estimate of drug-likeness (QED) is 0.758. The maximum Gasteiger partial charge on any atom is 0.255 e. The van der Waals surface area contributed by atoms with Crippen molar-refractivity contribution >= 4 is 17.5 Å². The van der Waals surface area contributed by atoms with E-state index in [-0.39, 0.29) is 17.2 Å². The molecule has 0 aliphatic rings. The monoisotopic (exact) mass is 285 g/mol. The molecule has 0 aliphatic heterocycles. The third-order valence-corrected chi connectivity index (χ3v) is 2.64. The van der Waals surface area contributed by atoms with Gasteiger partial charge in [0, 0.05) is 24.8 Å². The highest BCUT2D eigenvalue weighted by Gasteiger charge is 2.10. The van der Waals surface area contributed by atoms with E-state index in [1.807, 2.05) is 0 Å². The zero-order chi connectivity index (χ0) is 14.3. The van der Waals surface area contributed by atoms with Crippen molar-refractivity contribution in [3.8, 4) is 5.75 Å². The third-order valence-electron chi connectivity index (χ3n) is 2.41. The Balaban J connectivity index is 2.28. The van der Waals surface area contributed by atoms with E-state index in [0.29, 0.717) is 24.1 Å². The lowest BCUT2D eigenvalue weighted by atomic mass is 10.2. The lowest BCUT2D eigenvalue weighted by Crippen LogP contribution is -2.25. The van der Waals surface area contributed by atoms with Crippen molar-refractivity contribution in [1.29, 1.82) is 0 Å². The molecule has 0 atom stereocenters. The molecule has 0 saturated heterocycles. The largest absolute Gasteiger partial charge is 0.507 e. The normalized spacial score (nSPS) is 10.7. The second-order valence-corrected chi connectivity index (χ2v) is 5.18. The second-order valence-electron chi connectivity index (χ2n) is 4.74. The van der Waals surface area contributed by atoms with E-state index in [1.54, 1.807) is 6.07 Å². The smallest absolute Gasteiger partial charge is 0.255 e. The molecule has 1 aromatic rings. The summed E-state index contributed by atoms with van der Waals surface area (Å²) in [5, 5.41) is 12.7. The van der Waals surface area contributed by atoms with Crippen molar-refractivity contribution in [1.82, 2.24) is 5.32 Å². The Bertz CT molecular complexity index is 421. The van der Waals surface area contributed by atoms with Gasteiger partial charge in [-0.15, -0.1) is 0 Å². The Hall–Kier alpha value is -1.26. The predicted molar refractivity (Wildman–Crippen MR) is 75.7 cm³/mol. The number of ether oxygens (including phenoxy) is 1. The highest BCUT2D eigenvalue weighted by atomic mass is 35.5. The van der Waals surface area contributed by atoms with Gasteiger partial charge in [-0.25, -0.2) is 0 Å². The number of carbonyl (C=O) groups is 1. The van der Waals surface area contributed by atoms with Crippen molar-refractivity contribution in [3.05, 3.63) is 28.8 Å². The summed E-state index contributed by atoms with van der Waals surface area (Å²) in [5.74, 6) is 0.0969. The third kappa shape index (κ3) is 5.94. The molecule has 106 valence electrons. The molecule has 19 heavy (non-hydrogen) atoms. The van der Waals surface area contributed by atoms with Crippen molar-refractivity contribution in [2.24, 2.45) is 5.92 Å². The molecule has 0 aliphatic carbocycles. The number of amides is 1. The molecule has 2 N–H and O–H groups in total. The van der Waals surface area contributed by atoms with Gasteiger partial charge in [0.1, 0.15) is 5.75 Å². The van der Waals surface area contributed by atoms with Gasteiger partial charge in [-0.3, -0.25) is 4.79 Å². The molecule has 1 aromatic carbocycles. The first kappa shape index (κ1) is 15.8. The van der Waals surface area contributed by atoms with Crippen molar-refractivity contribution in [2.45, 2.75) is 20.3 Å². The van der Waals surface area contributed by atoms with Crippen LogP contribution in [0.2, 0.25) is 5.02 Å². The number of halogens is 1. The van der Waals surface area contributed by atoms with Crippen molar-refractivity contribution in [3.63, 3.8) is 0 Å². The van der Waals surface area contributed by atoms with E-state index in [1.165, 1.54) is 12.1 Å². The van der Waals surface area contributed by atoms with Gasteiger partial charge in [-0.1, -0.05) is 25.4 Å². The van der Waals surface area contributed by atoms with Gasteiger partial charge in [-0.05, 0) is 30.5 Å². The Labute approximate surface area is 118 Å². The van der Waals surface area contributed by atoms with E-state index in [0.717, 1.165) is 13.0 Å². The summed E-state index contributed by atoms with van der Waals surface area (Å²) in [7, 11) is 0. The maximum absolute atomic E-state index is 11.8. The van der Waals surface area contributed by atoms with Crippen LogP contribution < -0.4 is 5.32 Å². The van der Waals surface area contributed by atoms with Crippen LogP contribution in [0.15, 0.2) is 18.2 Å². The average molecular weight is 286 g/mol. The first-order valence-electron chi connectivity index (χ1n) is 6.35. The van der Waals surface area contributed by atoms with Crippen molar-refractivity contribution in [2.75, 3.05) is 19.8 Å². The van der Waals surface area contributed by atoms with Crippen LogP contribution >= 0.6 is 11.6 Å². The predicted octanol–water partition coefficient (Wildman–Crippen LogP) is 2.84. The highest BCUT2D eigenvalue weighted by molar-refractivity contribution is 6.30. The van der Waals surface area contributed by atoms with E-state index in [4.69, 9.17) is 16.3 Å². The summed E-state index contributed by atoms with van der Waals surface area (Å²) in [6, 6.07) is 4.42. The van der Waals surface area contributed by atoms with Crippen molar-refractivity contribution < 1.29 is 14.6 Å². The number of nitrogens with one attached hydrogen (secondary N) is 1. The van der Waals surface area contributed by atoms with Crippen LogP contribution in [-0.2, 0) is 4.74 Å². The van der Waals surface area contributed by atoms with Gasteiger partial charge < -0.3 is 15.2 Å². The molecule has 1 rings (SSSR count). The first-order valence-corrected chi connectivity index (χ1v) is 6.73. The number of rotatable bonds is 7. The number of hydrogen-bond acceptors (Lipinski definition) is 3. The summed E-state index contributed by atoms with van der Waals surface area (Å²) in [6.45, 7) is 6.03. The van der Waals surface area contributed by atoms with Gasteiger partial charge >= 0.3 is 0 Å². The van der Waals surface area contributed by atoms with Gasteiger partial charge in [0.2, 0.25) is 0 Å². The maximum atomic E-state index is 11.8. The summed E-state index contributed by atoms with van der Waals surface area (Å²) < 4.78 is 5.40. The van der Waals surface area contributed by atoms with Crippen LogP contribution in [0.5, 0.6) is 5.75 Å². The molecule has 0 bridgehead atoms. The first-order chi connectivity index (χ1) is 9.00.